The van der Waals surface area contributed by atoms with E-state index in [-0.39, 0.29) is 23.4 Å². The zero-order valence-electron chi connectivity index (χ0n) is 20.9. The molecule has 0 aliphatic heterocycles. The second-order valence-electron chi connectivity index (χ2n) is 8.18. The summed E-state index contributed by atoms with van der Waals surface area (Å²) in [5.41, 5.74) is 0.948. The van der Waals surface area contributed by atoms with Gasteiger partial charge in [0.05, 0.1) is 36.8 Å². The molecule has 1 N–H and O–H groups in total. The first-order valence-corrected chi connectivity index (χ1v) is 11.9. The number of hydrogen-bond acceptors (Lipinski definition) is 6. The van der Waals surface area contributed by atoms with Crippen LogP contribution in [0.4, 0.5) is 5.69 Å². The number of carbonyl (C=O) groups excluding carboxylic acids is 2. The first-order chi connectivity index (χ1) is 17.9. The standard InChI is InChI=1S/C29H28N2O6/c1-4-36-21-11-9-19(10-12-21)28(33)25-17-31(18-27(32)30-20-7-6-8-22(15-20)35-3)26-14-13-23(37-5-2)16-24(26)29(25)34/h6-17H,4-5,18H2,1-3H3,(H,30,32). The van der Waals surface area contributed by atoms with Crippen molar-refractivity contribution in [2.24, 2.45) is 0 Å². The Morgan fingerprint density at radius 3 is 2.27 bits per heavy atom. The summed E-state index contributed by atoms with van der Waals surface area (Å²) in [6.45, 7) is 4.52. The van der Waals surface area contributed by atoms with Gasteiger partial charge in [-0.1, -0.05) is 6.07 Å². The van der Waals surface area contributed by atoms with Gasteiger partial charge in [0.15, 0.2) is 5.78 Å². The summed E-state index contributed by atoms with van der Waals surface area (Å²) < 4.78 is 17.8. The Labute approximate surface area is 214 Å². The predicted octanol–water partition coefficient (Wildman–Crippen LogP) is 4.68. The maximum absolute atomic E-state index is 13.4. The maximum Gasteiger partial charge on any atom is 0.244 e. The van der Waals surface area contributed by atoms with E-state index in [1.807, 2.05) is 13.8 Å². The molecule has 0 atom stereocenters. The number of hydrogen-bond donors (Lipinski definition) is 1. The Bertz CT molecular complexity index is 1490. The van der Waals surface area contributed by atoms with Crippen molar-refractivity contribution in [2.45, 2.75) is 20.4 Å². The number of benzene rings is 3. The molecule has 8 heteroatoms. The average Bonchev–Trinajstić information content (AvgIpc) is 2.91. The quantitative estimate of drug-likeness (QED) is 0.318. The normalized spacial score (nSPS) is 10.7. The maximum atomic E-state index is 13.4. The fourth-order valence-electron chi connectivity index (χ4n) is 4.01. The van der Waals surface area contributed by atoms with Gasteiger partial charge in [-0.15, -0.1) is 0 Å². The third-order valence-corrected chi connectivity index (χ3v) is 5.70. The summed E-state index contributed by atoms with van der Waals surface area (Å²) in [6.07, 6.45) is 1.44. The molecule has 8 nitrogen and oxygen atoms in total. The molecule has 0 aliphatic rings. The minimum absolute atomic E-state index is 0.0421. The van der Waals surface area contributed by atoms with E-state index in [1.54, 1.807) is 78.4 Å². The first kappa shape index (κ1) is 25.5. The largest absolute Gasteiger partial charge is 0.497 e. The van der Waals surface area contributed by atoms with Crippen LogP contribution in [0.5, 0.6) is 17.2 Å². The Hall–Kier alpha value is -4.59. The van der Waals surface area contributed by atoms with Gasteiger partial charge >= 0.3 is 0 Å². The van der Waals surface area contributed by atoms with E-state index < -0.39 is 11.2 Å². The van der Waals surface area contributed by atoms with Crippen molar-refractivity contribution in [3.8, 4) is 17.2 Å². The molecule has 4 aromatic rings. The molecule has 0 aliphatic carbocycles. The minimum Gasteiger partial charge on any atom is -0.497 e. The van der Waals surface area contributed by atoms with E-state index in [4.69, 9.17) is 14.2 Å². The molecule has 0 saturated heterocycles. The number of amides is 1. The summed E-state index contributed by atoms with van der Waals surface area (Å²) in [6, 6.07) is 18.7. The summed E-state index contributed by atoms with van der Waals surface area (Å²) in [4.78, 5) is 39.8. The van der Waals surface area contributed by atoms with Gasteiger partial charge in [-0.2, -0.15) is 0 Å². The lowest BCUT2D eigenvalue weighted by atomic mass is 10.0. The number of nitrogens with one attached hydrogen (secondary N) is 1. The van der Waals surface area contributed by atoms with E-state index in [1.165, 1.54) is 6.20 Å². The number of ether oxygens (including phenoxy) is 3. The van der Waals surface area contributed by atoms with Crippen molar-refractivity contribution in [1.29, 1.82) is 0 Å². The number of fused-ring (bicyclic) bond motifs is 1. The number of nitrogens with zero attached hydrogens (tertiary/aromatic N) is 1. The van der Waals surface area contributed by atoms with Gasteiger partial charge in [-0.05, 0) is 68.4 Å². The van der Waals surface area contributed by atoms with E-state index >= 15 is 0 Å². The third kappa shape index (κ3) is 5.81. The van der Waals surface area contributed by atoms with Crippen molar-refractivity contribution in [2.75, 3.05) is 25.6 Å². The Balaban J connectivity index is 1.74. The number of anilines is 1. The fraction of sp³-hybridized carbons (Fsp3) is 0.207. The van der Waals surface area contributed by atoms with Crippen LogP contribution in [0.2, 0.25) is 0 Å². The van der Waals surface area contributed by atoms with Crippen molar-refractivity contribution in [3.63, 3.8) is 0 Å². The Morgan fingerprint density at radius 1 is 0.865 bits per heavy atom. The van der Waals surface area contributed by atoms with Crippen LogP contribution in [0.3, 0.4) is 0 Å². The molecular weight excluding hydrogens is 472 g/mol. The van der Waals surface area contributed by atoms with Crippen LogP contribution in [-0.2, 0) is 11.3 Å². The molecule has 37 heavy (non-hydrogen) atoms. The van der Waals surface area contributed by atoms with E-state index in [0.29, 0.717) is 47.2 Å². The van der Waals surface area contributed by atoms with Gasteiger partial charge in [0.1, 0.15) is 23.8 Å². The van der Waals surface area contributed by atoms with Gasteiger partial charge in [-0.3, -0.25) is 14.4 Å². The van der Waals surface area contributed by atoms with Crippen LogP contribution in [0, 0.1) is 0 Å². The monoisotopic (exact) mass is 500 g/mol. The first-order valence-electron chi connectivity index (χ1n) is 11.9. The smallest absolute Gasteiger partial charge is 0.244 e. The third-order valence-electron chi connectivity index (χ3n) is 5.70. The lowest BCUT2D eigenvalue weighted by molar-refractivity contribution is -0.116. The van der Waals surface area contributed by atoms with Crippen LogP contribution < -0.4 is 25.0 Å². The summed E-state index contributed by atoms with van der Waals surface area (Å²) in [7, 11) is 1.55. The molecule has 0 saturated carbocycles. The fourth-order valence-corrected chi connectivity index (χ4v) is 4.01. The highest BCUT2D eigenvalue weighted by Gasteiger charge is 2.19. The topological polar surface area (TPSA) is 95.9 Å². The summed E-state index contributed by atoms with van der Waals surface area (Å²) in [5.74, 6) is 0.972. The van der Waals surface area contributed by atoms with Gasteiger partial charge < -0.3 is 24.1 Å². The number of methoxy groups -OCH3 is 1. The number of pyridine rings is 1. The number of ketones is 1. The molecule has 1 amide bonds. The molecule has 0 fully saturated rings. The van der Waals surface area contributed by atoms with Crippen molar-refractivity contribution < 1.29 is 23.8 Å². The summed E-state index contributed by atoms with van der Waals surface area (Å²) >= 11 is 0. The summed E-state index contributed by atoms with van der Waals surface area (Å²) in [5, 5.41) is 3.12. The molecule has 0 unspecified atom stereocenters. The molecule has 1 heterocycles. The highest BCUT2D eigenvalue weighted by Crippen LogP contribution is 2.22. The molecule has 0 radical (unpaired) electrons. The molecule has 0 spiro atoms. The van der Waals surface area contributed by atoms with Crippen LogP contribution in [-0.4, -0.2) is 36.6 Å². The predicted molar refractivity (Wildman–Crippen MR) is 142 cm³/mol. The van der Waals surface area contributed by atoms with E-state index in [2.05, 4.69) is 5.32 Å². The van der Waals surface area contributed by atoms with Crippen molar-refractivity contribution >= 4 is 28.3 Å². The molecular formula is C29H28N2O6. The van der Waals surface area contributed by atoms with E-state index in [0.717, 1.165) is 0 Å². The van der Waals surface area contributed by atoms with Crippen LogP contribution in [0.25, 0.3) is 10.9 Å². The van der Waals surface area contributed by atoms with Crippen LogP contribution >= 0.6 is 0 Å². The molecule has 190 valence electrons. The van der Waals surface area contributed by atoms with Crippen molar-refractivity contribution in [3.05, 3.63) is 94.3 Å². The number of rotatable bonds is 10. The number of carbonyl (C=O) groups is 2. The lowest BCUT2D eigenvalue weighted by Gasteiger charge is -2.15. The Kier molecular flexibility index (Phi) is 7.88. The van der Waals surface area contributed by atoms with Crippen molar-refractivity contribution in [1.82, 2.24) is 4.57 Å². The number of aromatic nitrogens is 1. The second kappa shape index (κ2) is 11.4. The molecule has 1 aromatic heterocycles. The molecule has 0 bridgehead atoms. The molecule has 4 rings (SSSR count). The molecule has 3 aromatic carbocycles. The van der Waals surface area contributed by atoms with Crippen LogP contribution in [0.1, 0.15) is 29.8 Å². The van der Waals surface area contributed by atoms with E-state index in [9.17, 15) is 14.4 Å². The highest BCUT2D eigenvalue weighted by atomic mass is 16.5. The zero-order chi connectivity index (χ0) is 26.4. The van der Waals surface area contributed by atoms with Gasteiger partial charge in [0.25, 0.3) is 0 Å². The van der Waals surface area contributed by atoms with Gasteiger partial charge in [0, 0.05) is 23.5 Å². The van der Waals surface area contributed by atoms with Crippen LogP contribution in [0.15, 0.2) is 77.7 Å². The minimum atomic E-state index is -0.446. The SMILES string of the molecule is CCOc1ccc(C(=O)c2cn(CC(=O)Nc3cccc(OC)c3)c3ccc(OCC)cc3c2=O)cc1. The second-order valence-corrected chi connectivity index (χ2v) is 8.18. The zero-order valence-corrected chi connectivity index (χ0v) is 20.9. The Morgan fingerprint density at radius 2 is 1.57 bits per heavy atom. The van der Waals surface area contributed by atoms with Gasteiger partial charge in [-0.25, -0.2) is 0 Å². The highest BCUT2D eigenvalue weighted by molar-refractivity contribution is 6.10. The van der Waals surface area contributed by atoms with Gasteiger partial charge in [0.2, 0.25) is 11.3 Å². The lowest BCUT2D eigenvalue weighted by Crippen LogP contribution is -2.24. The average molecular weight is 501 g/mol.